The number of benzene rings is 1. The van der Waals surface area contributed by atoms with Crippen molar-refractivity contribution in [1.82, 2.24) is 5.32 Å². The largest absolute Gasteiger partial charge is 0.497 e. The second-order valence-electron chi connectivity index (χ2n) is 4.76. The molecule has 1 N–H and O–H groups in total. The van der Waals surface area contributed by atoms with Crippen molar-refractivity contribution < 1.29 is 13.9 Å². The topological polar surface area (TPSA) is 30.5 Å². The minimum atomic E-state index is -0.227. The monoisotopic (exact) mass is 269 g/mol. The van der Waals surface area contributed by atoms with Crippen LogP contribution in [0, 0.1) is 5.82 Å². The van der Waals surface area contributed by atoms with Crippen LogP contribution in [0.3, 0.4) is 0 Å². The van der Waals surface area contributed by atoms with E-state index in [0.29, 0.717) is 24.0 Å². The van der Waals surface area contributed by atoms with Gasteiger partial charge in [-0.25, -0.2) is 4.39 Å². The Balaban J connectivity index is 2.15. The summed E-state index contributed by atoms with van der Waals surface area (Å²) in [4.78, 5) is 0. The molecule has 0 saturated heterocycles. The van der Waals surface area contributed by atoms with Crippen LogP contribution in [0.2, 0.25) is 0 Å². The summed E-state index contributed by atoms with van der Waals surface area (Å²) >= 11 is 0. The molecule has 1 aromatic rings. The molecule has 1 rings (SSSR count). The van der Waals surface area contributed by atoms with E-state index in [4.69, 9.17) is 9.47 Å². The Morgan fingerprint density at radius 1 is 1.26 bits per heavy atom. The summed E-state index contributed by atoms with van der Waals surface area (Å²) in [5, 5.41) is 3.23. The van der Waals surface area contributed by atoms with Gasteiger partial charge in [-0.05, 0) is 39.3 Å². The van der Waals surface area contributed by atoms with Crippen LogP contribution >= 0.6 is 0 Å². The Bertz CT molecular complexity index is 369. The van der Waals surface area contributed by atoms with Gasteiger partial charge in [-0.15, -0.1) is 0 Å². The molecule has 0 aliphatic rings. The minimum Gasteiger partial charge on any atom is -0.497 e. The molecule has 0 aromatic heterocycles. The summed E-state index contributed by atoms with van der Waals surface area (Å²) in [6, 6.07) is 4.94. The zero-order chi connectivity index (χ0) is 14.1. The van der Waals surface area contributed by atoms with Gasteiger partial charge in [0.1, 0.15) is 11.6 Å². The van der Waals surface area contributed by atoms with Crippen LogP contribution < -0.4 is 10.1 Å². The van der Waals surface area contributed by atoms with Crippen LogP contribution in [0.4, 0.5) is 4.39 Å². The lowest BCUT2D eigenvalue weighted by molar-refractivity contribution is 0.0760. The highest BCUT2D eigenvalue weighted by Gasteiger charge is 2.03. The maximum atomic E-state index is 13.6. The maximum Gasteiger partial charge on any atom is 0.131 e. The molecule has 0 radical (unpaired) electrons. The highest BCUT2D eigenvalue weighted by atomic mass is 19.1. The number of halogens is 1. The van der Waals surface area contributed by atoms with Crippen LogP contribution in [0.5, 0.6) is 5.75 Å². The van der Waals surface area contributed by atoms with Gasteiger partial charge in [0, 0.05) is 24.8 Å². The minimum absolute atomic E-state index is 0.227. The number of hydrogen-bond acceptors (Lipinski definition) is 3. The first-order valence-electron chi connectivity index (χ1n) is 6.78. The third-order valence-electron chi connectivity index (χ3n) is 2.77. The lowest BCUT2D eigenvalue weighted by atomic mass is 10.2. The molecule has 0 aliphatic heterocycles. The molecule has 0 amide bonds. The first kappa shape index (κ1) is 15.9. The van der Waals surface area contributed by atoms with Gasteiger partial charge in [-0.1, -0.05) is 6.07 Å². The Morgan fingerprint density at radius 3 is 2.68 bits per heavy atom. The lowest BCUT2D eigenvalue weighted by Gasteiger charge is -2.09. The molecule has 0 spiro atoms. The van der Waals surface area contributed by atoms with Crippen LogP contribution in [0.25, 0.3) is 0 Å². The number of hydrogen-bond donors (Lipinski definition) is 1. The van der Waals surface area contributed by atoms with Gasteiger partial charge in [0.25, 0.3) is 0 Å². The van der Waals surface area contributed by atoms with Crippen molar-refractivity contribution in [2.75, 3.05) is 20.3 Å². The smallest absolute Gasteiger partial charge is 0.131 e. The fourth-order valence-electron chi connectivity index (χ4n) is 1.69. The molecule has 0 heterocycles. The molecule has 1 aromatic carbocycles. The van der Waals surface area contributed by atoms with Crippen LogP contribution in [-0.4, -0.2) is 26.4 Å². The van der Waals surface area contributed by atoms with E-state index in [1.807, 2.05) is 13.8 Å². The van der Waals surface area contributed by atoms with Crippen molar-refractivity contribution in [2.45, 2.75) is 39.3 Å². The number of rotatable bonds is 9. The van der Waals surface area contributed by atoms with Crippen molar-refractivity contribution in [3.63, 3.8) is 0 Å². The molecule has 3 nitrogen and oxygen atoms in total. The molecule has 0 bridgehead atoms. The van der Waals surface area contributed by atoms with Gasteiger partial charge in [-0.3, -0.25) is 0 Å². The van der Waals surface area contributed by atoms with Gasteiger partial charge in [0.2, 0.25) is 0 Å². The number of nitrogens with one attached hydrogen (secondary N) is 1. The second kappa shape index (κ2) is 8.88. The van der Waals surface area contributed by atoms with Crippen LogP contribution in [0.15, 0.2) is 18.2 Å². The van der Waals surface area contributed by atoms with Crippen molar-refractivity contribution in [1.29, 1.82) is 0 Å². The Labute approximate surface area is 115 Å². The molecule has 0 saturated carbocycles. The van der Waals surface area contributed by atoms with Crippen molar-refractivity contribution >= 4 is 0 Å². The Kier molecular flexibility index (Phi) is 7.45. The van der Waals surface area contributed by atoms with Crippen molar-refractivity contribution in [2.24, 2.45) is 0 Å². The summed E-state index contributed by atoms with van der Waals surface area (Å²) in [6.45, 7) is 6.26. The van der Waals surface area contributed by atoms with Gasteiger partial charge in [-0.2, -0.15) is 0 Å². The van der Waals surface area contributed by atoms with Crippen LogP contribution in [0.1, 0.15) is 32.3 Å². The predicted molar refractivity (Wildman–Crippen MR) is 75.0 cm³/mol. The van der Waals surface area contributed by atoms with E-state index >= 15 is 0 Å². The Hall–Kier alpha value is -1.13. The molecule has 0 aliphatic carbocycles. The van der Waals surface area contributed by atoms with Gasteiger partial charge in [0.15, 0.2) is 0 Å². The molecule has 108 valence electrons. The third kappa shape index (κ3) is 6.55. The zero-order valence-corrected chi connectivity index (χ0v) is 12.0. The molecular formula is C15H24FNO2. The molecule has 4 heteroatoms. The third-order valence-corrected chi connectivity index (χ3v) is 2.77. The Morgan fingerprint density at radius 2 is 2.05 bits per heavy atom. The molecule has 19 heavy (non-hydrogen) atoms. The van der Waals surface area contributed by atoms with Gasteiger partial charge >= 0.3 is 0 Å². The number of ether oxygens (including phenoxy) is 2. The molecular weight excluding hydrogens is 245 g/mol. The van der Waals surface area contributed by atoms with E-state index < -0.39 is 0 Å². The lowest BCUT2D eigenvalue weighted by Crippen LogP contribution is -2.16. The van der Waals surface area contributed by atoms with Gasteiger partial charge in [0.05, 0.1) is 13.2 Å². The highest BCUT2D eigenvalue weighted by Crippen LogP contribution is 2.15. The SMILES string of the molecule is COc1ccc(CNCCCCOC(C)C)c(F)c1. The van der Waals surface area contributed by atoms with Crippen molar-refractivity contribution in [3.8, 4) is 5.75 Å². The van der Waals surface area contributed by atoms with E-state index in [1.165, 1.54) is 13.2 Å². The summed E-state index contributed by atoms with van der Waals surface area (Å²) in [5.74, 6) is 0.321. The fourth-order valence-corrected chi connectivity index (χ4v) is 1.69. The standard InChI is InChI=1S/C15H24FNO2/c1-12(2)19-9-5-4-8-17-11-13-6-7-14(18-3)10-15(13)16/h6-7,10,12,17H,4-5,8-9,11H2,1-3H3. The van der Waals surface area contributed by atoms with E-state index in [1.54, 1.807) is 12.1 Å². The zero-order valence-electron chi connectivity index (χ0n) is 12.0. The van der Waals surface area contributed by atoms with Gasteiger partial charge < -0.3 is 14.8 Å². The van der Waals surface area contributed by atoms with Crippen molar-refractivity contribution in [3.05, 3.63) is 29.6 Å². The maximum absolute atomic E-state index is 13.6. The normalized spacial score (nSPS) is 11.0. The quantitative estimate of drug-likeness (QED) is 0.699. The predicted octanol–water partition coefficient (Wildman–Crippen LogP) is 3.13. The number of methoxy groups -OCH3 is 1. The van der Waals surface area contributed by atoms with Crippen LogP contribution in [-0.2, 0) is 11.3 Å². The summed E-state index contributed by atoms with van der Waals surface area (Å²) in [5.41, 5.74) is 0.666. The first-order chi connectivity index (χ1) is 9.13. The second-order valence-corrected chi connectivity index (χ2v) is 4.76. The summed E-state index contributed by atoms with van der Waals surface area (Å²) in [6.07, 6.45) is 2.35. The summed E-state index contributed by atoms with van der Waals surface area (Å²) < 4.78 is 24.0. The van der Waals surface area contributed by atoms with E-state index in [9.17, 15) is 4.39 Å². The molecule has 0 unspecified atom stereocenters. The fraction of sp³-hybridized carbons (Fsp3) is 0.600. The average Bonchev–Trinajstić information content (AvgIpc) is 2.38. The summed E-state index contributed by atoms with van der Waals surface area (Å²) in [7, 11) is 1.53. The number of unbranched alkanes of at least 4 members (excludes halogenated alkanes) is 1. The molecule has 0 atom stereocenters. The van der Waals surface area contributed by atoms with E-state index in [0.717, 1.165) is 26.0 Å². The van der Waals surface area contributed by atoms with E-state index in [2.05, 4.69) is 5.32 Å². The highest BCUT2D eigenvalue weighted by molar-refractivity contribution is 5.28. The van der Waals surface area contributed by atoms with E-state index in [-0.39, 0.29) is 5.82 Å². The first-order valence-corrected chi connectivity index (χ1v) is 6.78. The average molecular weight is 269 g/mol. The molecule has 0 fully saturated rings.